The molecule has 0 saturated carbocycles. The van der Waals surface area contributed by atoms with Crippen LogP contribution in [0.25, 0.3) is 0 Å². The predicted octanol–water partition coefficient (Wildman–Crippen LogP) is 0.363. The number of aliphatic hydroxyl groups excluding tert-OH is 1. The quantitative estimate of drug-likeness (QED) is 0.640. The lowest BCUT2D eigenvalue weighted by atomic mass is 10.2. The molecule has 0 aliphatic carbocycles. The van der Waals surface area contributed by atoms with Crippen LogP contribution in [0.2, 0.25) is 0 Å². The fourth-order valence-corrected chi connectivity index (χ4v) is 2.13. The van der Waals surface area contributed by atoms with Crippen LogP contribution in [0.5, 0.6) is 5.75 Å². The molecule has 7 nitrogen and oxygen atoms in total. The van der Waals surface area contributed by atoms with Crippen LogP contribution in [0.1, 0.15) is 31.2 Å². The Morgan fingerprint density at radius 1 is 1.43 bits per heavy atom. The number of aliphatic hydroxyl groups is 1. The Kier molecular flexibility index (Phi) is 6.39. The number of carboxylic acid groups (broad SMARTS) is 1. The number of carboxylic acids is 1. The third kappa shape index (κ3) is 4.57. The molecule has 0 aliphatic heterocycles. The molecule has 0 fully saturated rings. The van der Waals surface area contributed by atoms with Gasteiger partial charge in [-0.2, -0.15) is 0 Å². The van der Waals surface area contributed by atoms with Gasteiger partial charge in [-0.1, -0.05) is 13.3 Å². The number of nitrogens with zero attached hydrogens (tertiary/aromatic N) is 2. The zero-order valence-electron chi connectivity index (χ0n) is 12.4. The summed E-state index contributed by atoms with van der Waals surface area (Å²) in [5.41, 5.74) is -0.216. The summed E-state index contributed by atoms with van der Waals surface area (Å²) in [6.45, 7) is 2.18. The second-order valence-electron chi connectivity index (χ2n) is 5.02. The summed E-state index contributed by atoms with van der Waals surface area (Å²) in [6, 6.07) is 1.06. The van der Waals surface area contributed by atoms with Crippen molar-refractivity contribution in [3.8, 4) is 5.75 Å². The second-order valence-corrected chi connectivity index (χ2v) is 5.02. The number of rotatable bonds is 8. The molecule has 118 valence electrons. The summed E-state index contributed by atoms with van der Waals surface area (Å²) in [5, 5.41) is 28.2. The topological polar surface area (TPSA) is 103 Å². The number of unbranched alkanes of at least 4 members (excludes halogenated alkanes) is 1. The molecule has 7 heteroatoms. The van der Waals surface area contributed by atoms with Crippen LogP contribution in [0.15, 0.2) is 10.9 Å². The molecule has 0 bridgehead atoms. The smallest absolute Gasteiger partial charge is 0.323 e. The third-order valence-electron chi connectivity index (χ3n) is 3.25. The highest BCUT2D eigenvalue weighted by molar-refractivity contribution is 5.67. The Hall–Kier alpha value is -1.86. The minimum absolute atomic E-state index is 0.180. The summed E-state index contributed by atoms with van der Waals surface area (Å²) in [6.07, 6.45) is 1.97. The highest BCUT2D eigenvalue weighted by atomic mass is 16.4. The van der Waals surface area contributed by atoms with E-state index in [0.29, 0.717) is 0 Å². The molecule has 0 unspecified atom stereocenters. The van der Waals surface area contributed by atoms with E-state index < -0.39 is 30.3 Å². The van der Waals surface area contributed by atoms with Gasteiger partial charge in [-0.15, -0.1) is 0 Å². The lowest BCUT2D eigenvalue weighted by Gasteiger charge is -2.22. The Bertz CT molecular complexity index is 553. The van der Waals surface area contributed by atoms with E-state index in [-0.39, 0.29) is 17.9 Å². The molecule has 3 N–H and O–H groups in total. The third-order valence-corrected chi connectivity index (χ3v) is 3.25. The largest absolute Gasteiger partial charge is 0.503 e. The Morgan fingerprint density at radius 3 is 2.62 bits per heavy atom. The molecular weight excluding hydrogens is 276 g/mol. The molecule has 21 heavy (non-hydrogen) atoms. The molecular formula is C14H22N2O5. The van der Waals surface area contributed by atoms with Crippen molar-refractivity contribution in [3.05, 3.63) is 27.7 Å². The first-order valence-corrected chi connectivity index (χ1v) is 6.86. The van der Waals surface area contributed by atoms with Gasteiger partial charge in [-0.05, 0) is 20.0 Å². The molecule has 0 amide bonds. The fraction of sp³-hybridized carbons (Fsp3) is 0.571. The van der Waals surface area contributed by atoms with Crippen molar-refractivity contribution in [3.63, 3.8) is 0 Å². The van der Waals surface area contributed by atoms with Gasteiger partial charge in [0.2, 0.25) is 5.43 Å². The van der Waals surface area contributed by atoms with Gasteiger partial charge in [0.05, 0.1) is 12.3 Å². The van der Waals surface area contributed by atoms with Gasteiger partial charge in [-0.25, -0.2) is 0 Å². The van der Waals surface area contributed by atoms with Gasteiger partial charge in [0.1, 0.15) is 6.54 Å². The average molecular weight is 298 g/mol. The monoisotopic (exact) mass is 298 g/mol. The van der Waals surface area contributed by atoms with Crippen molar-refractivity contribution in [2.75, 3.05) is 13.6 Å². The van der Waals surface area contributed by atoms with Crippen LogP contribution >= 0.6 is 0 Å². The molecule has 1 heterocycles. The maximum Gasteiger partial charge on any atom is 0.323 e. The summed E-state index contributed by atoms with van der Waals surface area (Å²) < 4.78 is 1.28. The normalized spacial score (nSPS) is 11.0. The van der Waals surface area contributed by atoms with Gasteiger partial charge in [0.25, 0.3) is 0 Å². The first-order chi connectivity index (χ1) is 9.90. The van der Waals surface area contributed by atoms with Crippen LogP contribution in [0, 0.1) is 0 Å². The molecule has 0 spiro atoms. The summed E-state index contributed by atoms with van der Waals surface area (Å²) in [4.78, 5) is 24.6. The summed E-state index contributed by atoms with van der Waals surface area (Å²) >= 11 is 0. The van der Waals surface area contributed by atoms with Crippen molar-refractivity contribution in [2.24, 2.45) is 0 Å². The van der Waals surface area contributed by atoms with Crippen LogP contribution in [-0.2, 0) is 24.5 Å². The molecule has 1 aromatic heterocycles. The van der Waals surface area contributed by atoms with Crippen LogP contribution in [0.4, 0.5) is 0 Å². The van der Waals surface area contributed by atoms with E-state index in [0.717, 1.165) is 25.5 Å². The van der Waals surface area contributed by atoms with Crippen LogP contribution in [-0.4, -0.2) is 44.3 Å². The first kappa shape index (κ1) is 17.2. The minimum atomic E-state index is -1.11. The molecule has 0 atom stereocenters. The Balaban J connectivity index is 3.22. The van der Waals surface area contributed by atoms with E-state index in [1.165, 1.54) is 4.57 Å². The summed E-state index contributed by atoms with van der Waals surface area (Å²) in [7, 11) is 1.83. The van der Waals surface area contributed by atoms with E-state index in [1.54, 1.807) is 0 Å². The Labute approximate surface area is 123 Å². The van der Waals surface area contributed by atoms with Crippen molar-refractivity contribution in [1.29, 1.82) is 0 Å². The number of hydrogen-bond acceptors (Lipinski definition) is 5. The SMILES string of the molecule is CCCCN(C)Cc1c(O)c(=O)cc(CO)n1CC(=O)O. The molecule has 0 saturated heterocycles. The zero-order valence-corrected chi connectivity index (χ0v) is 12.4. The van der Waals surface area contributed by atoms with Crippen molar-refractivity contribution in [1.82, 2.24) is 9.47 Å². The zero-order chi connectivity index (χ0) is 16.0. The number of pyridine rings is 1. The number of carbonyl (C=O) groups is 1. The standard InChI is InChI=1S/C14H22N2O5/c1-3-4-5-15(2)7-11-14(21)12(18)6-10(9-17)16(11)8-13(19)20/h6,17,21H,3-5,7-9H2,1-2H3,(H,19,20). The molecule has 0 radical (unpaired) electrons. The fourth-order valence-electron chi connectivity index (χ4n) is 2.13. The lowest BCUT2D eigenvalue weighted by Crippen LogP contribution is -2.27. The van der Waals surface area contributed by atoms with E-state index in [4.69, 9.17) is 5.11 Å². The Morgan fingerprint density at radius 2 is 2.10 bits per heavy atom. The number of hydrogen-bond donors (Lipinski definition) is 3. The van der Waals surface area contributed by atoms with Crippen LogP contribution in [0.3, 0.4) is 0 Å². The maximum absolute atomic E-state index is 11.7. The van der Waals surface area contributed by atoms with E-state index in [2.05, 4.69) is 6.92 Å². The predicted molar refractivity (Wildman–Crippen MR) is 77.2 cm³/mol. The van der Waals surface area contributed by atoms with Crippen LogP contribution < -0.4 is 5.43 Å². The van der Waals surface area contributed by atoms with Gasteiger partial charge in [0, 0.05) is 18.3 Å². The van der Waals surface area contributed by atoms with E-state index in [1.807, 2.05) is 11.9 Å². The number of aromatic hydroxyl groups is 1. The molecule has 1 rings (SSSR count). The molecule has 1 aromatic rings. The molecule has 0 aromatic carbocycles. The van der Waals surface area contributed by atoms with Gasteiger partial charge in [0.15, 0.2) is 5.75 Å². The van der Waals surface area contributed by atoms with Crippen molar-refractivity contribution >= 4 is 5.97 Å². The van der Waals surface area contributed by atoms with Gasteiger partial charge in [-0.3, -0.25) is 9.59 Å². The van der Waals surface area contributed by atoms with Crippen molar-refractivity contribution < 1.29 is 20.1 Å². The second kappa shape index (κ2) is 7.80. The first-order valence-electron chi connectivity index (χ1n) is 6.86. The van der Waals surface area contributed by atoms with Gasteiger partial charge >= 0.3 is 5.97 Å². The number of aliphatic carboxylic acids is 1. The molecule has 0 aliphatic rings. The highest BCUT2D eigenvalue weighted by Gasteiger charge is 2.17. The van der Waals surface area contributed by atoms with Crippen molar-refractivity contribution in [2.45, 2.75) is 39.5 Å². The minimum Gasteiger partial charge on any atom is -0.503 e. The highest BCUT2D eigenvalue weighted by Crippen LogP contribution is 2.17. The van der Waals surface area contributed by atoms with E-state index >= 15 is 0 Å². The lowest BCUT2D eigenvalue weighted by molar-refractivity contribution is -0.137. The maximum atomic E-state index is 11.7. The van der Waals surface area contributed by atoms with Gasteiger partial charge < -0.3 is 24.8 Å². The average Bonchev–Trinajstić information content (AvgIpc) is 2.43. The van der Waals surface area contributed by atoms with E-state index in [9.17, 15) is 19.8 Å². The summed E-state index contributed by atoms with van der Waals surface area (Å²) in [5.74, 6) is -1.57. The number of aromatic nitrogens is 1.